The number of amides is 1. The maximum absolute atomic E-state index is 11.9. The molecule has 1 aromatic carbocycles. The summed E-state index contributed by atoms with van der Waals surface area (Å²) in [6, 6.07) is 9.50. The molecule has 0 saturated heterocycles. The number of hydrazine groups is 1. The number of nitrogens with one attached hydrogen (secondary N) is 3. The first kappa shape index (κ1) is 16.5. The Hall–Kier alpha value is -2.83. The highest BCUT2D eigenvalue weighted by molar-refractivity contribution is 5.81. The van der Waals surface area contributed by atoms with Crippen LogP contribution >= 0.6 is 0 Å². The van der Waals surface area contributed by atoms with Crippen molar-refractivity contribution in [3.63, 3.8) is 0 Å². The van der Waals surface area contributed by atoms with E-state index in [2.05, 4.69) is 33.1 Å². The predicted octanol–water partition coefficient (Wildman–Crippen LogP) is 1.96. The maximum atomic E-state index is 11.9. The number of carbonyl (C=O) groups is 1. The molecule has 7 heteroatoms. The highest BCUT2D eigenvalue weighted by atomic mass is 16.2. The first-order chi connectivity index (χ1) is 11.2. The third kappa shape index (κ3) is 5.14. The summed E-state index contributed by atoms with van der Waals surface area (Å²) in [5.41, 5.74) is 12.7. The summed E-state index contributed by atoms with van der Waals surface area (Å²) < 4.78 is 0. The molecule has 7 nitrogen and oxygen atoms in total. The Morgan fingerprint density at radius 1 is 1.17 bits per heavy atom. The largest absolute Gasteiger partial charge is 0.393 e. The number of anilines is 3. The van der Waals surface area contributed by atoms with E-state index in [-0.39, 0.29) is 12.3 Å². The number of rotatable bonds is 8. The Labute approximate surface area is 135 Å². The van der Waals surface area contributed by atoms with Gasteiger partial charge in [0.15, 0.2) is 11.6 Å². The van der Waals surface area contributed by atoms with Crippen LogP contribution in [-0.4, -0.2) is 22.4 Å². The molecule has 0 atom stereocenters. The van der Waals surface area contributed by atoms with Crippen LogP contribution in [0.15, 0.2) is 36.7 Å². The Bertz CT molecular complexity index is 632. The molecule has 0 aliphatic rings. The average Bonchev–Trinajstić information content (AvgIpc) is 2.56. The van der Waals surface area contributed by atoms with Crippen molar-refractivity contribution in [1.29, 1.82) is 0 Å². The van der Waals surface area contributed by atoms with Crippen LogP contribution in [0.5, 0.6) is 0 Å². The van der Waals surface area contributed by atoms with Crippen LogP contribution in [0, 0.1) is 0 Å². The molecule has 0 saturated carbocycles. The van der Waals surface area contributed by atoms with Gasteiger partial charge in [-0.1, -0.05) is 43.7 Å². The van der Waals surface area contributed by atoms with Crippen molar-refractivity contribution in [3.8, 4) is 0 Å². The number of benzene rings is 1. The van der Waals surface area contributed by atoms with Gasteiger partial charge in [0.05, 0.1) is 6.42 Å². The lowest BCUT2D eigenvalue weighted by Gasteiger charge is -2.13. The summed E-state index contributed by atoms with van der Waals surface area (Å²) in [5.74, 6) is 0.767. The molecule has 0 unspecified atom stereocenters. The normalized spacial score (nSPS) is 10.1. The lowest BCUT2D eigenvalue weighted by molar-refractivity contribution is -0.119. The molecule has 2 aromatic rings. The van der Waals surface area contributed by atoms with Gasteiger partial charge in [-0.2, -0.15) is 0 Å². The molecular formula is C16H22N6O. The number of nitrogens with two attached hydrogens (primary N) is 1. The fraction of sp³-hybridized carbons (Fsp3) is 0.312. The second-order valence-electron chi connectivity index (χ2n) is 5.10. The van der Waals surface area contributed by atoms with E-state index in [0.717, 1.165) is 24.9 Å². The van der Waals surface area contributed by atoms with Crippen LogP contribution < -0.4 is 21.9 Å². The smallest absolute Gasteiger partial charge is 0.242 e. The second-order valence-corrected chi connectivity index (χ2v) is 5.10. The van der Waals surface area contributed by atoms with Gasteiger partial charge in [0, 0.05) is 6.54 Å². The summed E-state index contributed by atoms with van der Waals surface area (Å²) in [6.07, 6.45) is 3.79. The lowest BCUT2D eigenvalue weighted by atomic mass is 10.1. The van der Waals surface area contributed by atoms with E-state index >= 15 is 0 Å². The fourth-order valence-corrected chi connectivity index (χ4v) is 1.97. The van der Waals surface area contributed by atoms with E-state index in [4.69, 9.17) is 5.73 Å². The third-order valence-electron chi connectivity index (χ3n) is 3.23. The van der Waals surface area contributed by atoms with Crippen molar-refractivity contribution >= 4 is 23.2 Å². The number of hydrogen-bond acceptors (Lipinski definition) is 6. The van der Waals surface area contributed by atoms with Crippen molar-refractivity contribution in [2.75, 3.05) is 23.0 Å². The van der Waals surface area contributed by atoms with Gasteiger partial charge in [-0.3, -0.25) is 15.6 Å². The highest BCUT2D eigenvalue weighted by Crippen LogP contribution is 2.21. The van der Waals surface area contributed by atoms with Crippen molar-refractivity contribution in [2.24, 2.45) is 0 Å². The van der Waals surface area contributed by atoms with Crippen molar-refractivity contribution in [2.45, 2.75) is 26.2 Å². The molecular weight excluding hydrogens is 292 g/mol. The van der Waals surface area contributed by atoms with Gasteiger partial charge in [0.25, 0.3) is 0 Å². The Kier molecular flexibility index (Phi) is 6.17. The lowest BCUT2D eigenvalue weighted by Crippen LogP contribution is -2.31. The molecule has 1 heterocycles. The maximum Gasteiger partial charge on any atom is 0.242 e. The van der Waals surface area contributed by atoms with Gasteiger partial charge in [-0.25, -0.2) is 9.97 Å². The number of nitrogens with zero attached hydrogens (tertiary/aromatic N) is 2. The molecule has 0 fully saturated rings. The van der Waals surface area contributed by atoms with Crippen molar-refractivity contribution in [3.05, 3.63) is 42.2 Å². The standard InChI is InChI=1S/C16H22N6O/c1-2-3-9-18-15-14(17)16(20-11-19-15)22-21-13(23)10-12-7-5-4-6-8-12/h4-8,11H,2-3,9-10,17H2,1H3,(H,21,23)(H2,18,19,20,22). The zero-order valence-corrected chi connectivity index (χ0v) is 13.2. The zero-order valence-electron chi connectivity index (χ0n) is 13.2. The first-order valence-corrected chi connectivity index (χ1v) is 7.63. The molecule has 1 amide bonds. The molecule has 122 valence electrons. The quantitative estimate of drug-likeness (QED) is 0.438. The van der Waals surface area contributed by atoms with Crippen LogP contribution in [-0.2, 0) is 11.2 Å². The van der Waals surface area contributed by atoms with Crippen LogP contribution in [0.4, 0.5) is 17.3 Å². The predicted molar refractivity (Wildman–Crippen MR) is 91.8 cm³/mol. The SMILES string of the molecule is CCCCNc1ncnc(NNC(=O)Cc2ccccc2)c1N. The second kappa shape index (κ2) is 8.57. The van der Waals surface area contributed by atoms with Gasteiger partial charge in [-0.15, -0.1) is 0 Å². The Morgan fingerprint density at radius 2 is 1.91 bits per heavy atom. The van der Waals surface area contributed by atoms with Gasteiger partial charge in [0.2, 0.25) is 5.91 Å². The number of nitrogen functional groups attached to an aromatic ring is 1. The van der Waals surface area contributed by atoms with Crippen molar-refractivity contribution in [1.82, 2.24) is 15.4 Å². The van der Waals surface area contributed by atoms with E-state index in [0.29, 0.717) is 17.3 Å². The summed E-state index contributed by atoms with van der Waals surface area (Å²) in [5, 5.41) is 3.15. The minimum Gasteiger partial charge on any atom is -0.393 e. The molecule has 0 aliphatic carbocycles. The topological polar surface area (TPSA) is 105 Å². The molecule has 5 N–H and O–H groups in total. The van der Waals surface area contributed by atoms with Gasteiger partial charge in [-0.05, 0) is 12.0 Å². The van der Waals surface area contributed by atoms with Crippen LogP contribution in [0.25, 0.3) is 0 Å². The summed E-state index contributed by atoms with van der Waals surface area (Å²) >= 11 is 0. The molecule has 0 bridgehead atoms. The zero-order chi connectivity index (χ0) is 16.5. The minimum absolute atomic E-state index is 0.172. The highest BCUT2D eigenvalue weighted by Gasteiger charge is 2.09. The fourth-order valence-electron chi connectivity index (χ4n) is 1.97. The number of hydrogen-bond donors (Lipinski definition) is 4. The van der Waals surface area contributed by atoms with Crippen LogP contribution in [0.3, 0.4) is 0 Å². The first-order valence-electron chi connectivity index (χ1n) is 7.63. The molecule has 0 aliphatic heterocycles. The Morgan fingerprint density at radius 3 is 2.65 bits per heavy atom. The number of aromatic nitrogens is 2. The van der Waals surface area contributed by atoms with Gasteiger partial charge in [0.1, 0.15) is 12.0 Å². The summed E-state index contributed by atoms with van der Waals surface area (Å²) in [6.45, 7) is 2.90. The molecule has 0 radical (unpaired) electrons. The summed E-state index contributed by atoms with van der Waals surface area (Å²) in [4.78, 5) is 20.1. The van der Waals surface area contributed by atoms with Gasteiger partial charge >= 0.3 is 0 Å². The number of unbranched alkanes of at least 4 members (excludes halogenated alkanes) is 1. The average molecular weight is 314 g/mol. The molecule has 0 spiro atoms. The van der Waals surface area contributed by atoms with E-state index in [1.165, 1.54) is 6.33 Å². The summed E-state index contributed by atoms with van der Waals surface area (Å²) in [7, 11) is 0. The minimum atomic E-state index is -0.172. The van der Waals surface area contributed by atoms with Crippen molar-refractivity contribution < 1.29 is 4.79 Å². The van der Waals surface area contributed by atoms with Crippen LogP contribution in [0.1, 0.15) is 25.3 Å². The third-order valence-corrected chi connectivity index (χ3v) is 3.23. The van der Waals surface area contributed by atoms with Crippen LogP contribution in [0.2, 0.25) is 0 Å². The van der Waals surface area contributed by atoms with E-state index in [1.807, 2.05) is 30.3 Å². The van der Waals surface area contributed by atoms with E-state index in [1.54, 1.807) is 0 Å². The monoisotopic (exact) mass is 314 g/mol. The van der Waals surface area contributed by atoms with E-state index in [9.17, 15) is 4.79 Å². The molecule has 2 rings (SSSR count). The molecule has 1 aromatic heterocycles. The van der Waals surface area contributed by atoms with Gasteiger partial charge < -0.3 is 11.1 Å². The van der Waals surface area contributed by atoms with E-state index < -0.39 is 0 Å². The Balaban J connectivity index is 1.90. The number of carbonyl (C=O) groups excluding carboxylic acids is 1. The molecule has 23 heavy (non-hydrogen) atoms.